The highest BCUT2D eigenvalue weighted by atomic mass is 16.4. The van der Waals surface area contributed by atoms with E-state index in [1.807, 2.05) is 30.3 Å². The van der Waals surface area contributed by atoms with E-state index in [0.717, 1.165) is 5.56 Å². The van der Waals surface area contributed by atoms with Crippen LogP contribution in [0.5, 0.6) is 0 Å². The Morgan fingerprint density at radius 1 is 1.24 bits per heavy atom. The lowest BCUT2D eigenvalue weighted by Crippen LogP contribution is -2.42. The average Bonchev–Trinajstić information content (AvgIpc) is 2.30. The first kappa shape index (κ1) is 11.6. The molecule has 0 amide bonds. The van der Waals surface area contributed by atoms with Gasteiger partial charge in [0.25, 0.3) is 0 Å². The second-order valence-electron chi connectivity index (χ2n) is 4.21. The molecule has 1 aromatic rings. The van der Waals surface area contributed by atoms with Gasteiger partial charge in [-0.1, -0.05) is 54.6 Å². The lowest BCUT2D eigenvalue weighted by atomic mass is 9.79. The molecule has 88 valence electrons. The molecule has 17 heavy (non-hydrogen) atoms. The maximum absolute atomic E-state index is 11.1. The SMILES string of the molecule is O=C(O)C1C=CC=CC1(O)Cc1ccccc1. The van der Waals surface area contributed by atoms with E-state index in [1.54, 1.807) is 18.2 Å². The third kappa shape index (κ3) is 2.45. The van der Waals surface area contributed by atoms with E-state index < -0.39 is 17.5 Å². The third-order valence-electron chi connectivity index (χ3n) is 2.93. The number of hydrogen-bond donors (Lipinski definition) is 2. The van der Waals surface area contributed by atoms with Crippen molar-refractivity contribution in [3.8, 4) is 0 Å². The fourth-order valence-electron chi connectivity index (χ4n) is 2.06. The Labute approximate surface area is 99.7 Å². The largest absolute Gasteiger partial charge is 0.481 e. The predicted molar refractivity (Wildman–Crippen MR) is 64.5 cm³/mol. The first-order valence-electron chi connectivity index (χ1n) is 5.47. The minimum atomic E-state index is -1.35. The second kappa shape index (κ2) is 4.55. The van der Waals surface area contributed by atoms with Crippen molar-refractivity contribution in [3.63, 3.8) is 0 Å². The monoisotopic (exact) mass is 230 g/mol. The smallest absolute Gasteiger partial charge is 0.313 e. The van der Waals surface area contributed by atoms with E-state index >= 15 is 0 Å². The molecule has 3 nitrogen and oxygen atoms in total. The molecule has 0 fully saturated rings. The van der Waals surface area contributed by atoms with Crippen LogP contribution in [-0.2, 0) is 11.2 Å². The molecule has 2 N–H and O–H groups in total. The second-order valence-corrected chi connectivity index (χ2v) is 4.21. The normalized spacial score (nSPS) is 27.0. The van der Waals surface area contributed by atoms with E-state index in [0.29, 0.717) is 6.42 Å². The van der Waals surface area contributed by atoms with Crippen LogP contribution < -0.4 is 0 Å². The van der Waals surface area contributed by atoms with E-state index in [-0.39, 0.29) is 0 Å². The zero-order chi connectivity index (χ0) is 12.3. The summed E-state index contributed by atoms with van der Waals surface area (Å²) in [7, 11) is 0. The fourth-order valence-corrected chi connectivity index (χ4v) is 2.06. The van der Waals surface area contributed by atoms with Crippen LogP contribution in [0.4, 0.5) is 0 Å². The van der Waals surface area contributed by atoms with Gasteiger partial charge in [-0.2, -0.15) is 0 Å². The number of hydrogen-bond acceptors (Lipinski definition) is 2. The molecule has 0 bridgehead atoms. The molecule has 1 aliphatic carbocycles. The molecule has 2 atom stereocenters. The Balaban J connectivity index is 2.25. The number of carboxylic acid groups (broad SMARTS) is 1. The number of carboxylic acids is 1. The third-order valence-corrected chi connectivity index (χ3v) is 2.93. The minimum Gasteiger partial charge on any atom is -0.481 e. The molecule has 1 aliphatic rings. The summed E-state index contributed by atoms with van der Waals surface area (Å²) in [6, 6.07) is 9.39. The van der Waals surface area contributed by atoms with Crippen LogP contribution in [0.1, 0.15) is 5.56 Å². The zero-order valence-corrected chi connectivity index (χ0v) is 9.28. The van der Waals surface area contributed by atoms with Crippen LogP contribution in [0.3, 0.4) is 0 Å². The maximum Gasteiger partial charge on any atom is 0.313 e. The van der Waals surface area contributed by atoms with Crippen LogP contribution in [-0.4, -0.2) is 21.8 Å². The van der Waals surface area contributed by atoms with Crippen LogP contribution in [0.2, 0.25) is 0 Å². The number of carbonyl (C=O) groups is 1. The van der Waals surface area contributed by atoms with Crippen molar-refractivity contribution < 1.29 is 15.0 Å². The van der Waals surface area contributed by atoms with Crippen molar-refractivity contribution in [2.45, 2.75) is 12.0 Å². The number of benzene rings is 1. The summed E-state index contributed by atoms with van der Waals surface area (Å²) in [6.45, 7) is 0. The van der Waals surface area contributed by atoms with Crippen LogP contribution in [0.25, 0.3) is 0 Å². The minimum absolute atomic E-state index is 0.297. The van der Waals surface area contributed by atoms with Gasteiger partial charge < -0.3 is 10.2 Å². The van der Waals surface area contributed by atoms with E-state index in [2.05, 4.69) is 0 Å². The van der Waals surface area contributed by atoms with E-state index in [9.17, 15) is 9.90 Å². The van der Waals surface area contributed by atoms with Crippen molar-refractivity contribution in [1.82, 2.24) is 0 Å². The van der Waals surface area contributed by atoms with Gasteiger partial charge in [0.15, 0.2) is 0 Å². The highest BCUT2D eigenvalue weighted by molar-refractivity contribution is 5.75. The zero-order valence-electron chi connectivity index (χ0n) is 9.28. The van der Waals surface area contributed by atoms with Gasteiger partial charge in [-0.05, 0) is 5.56 Å². The summed E-state index contributed by atoms with van der Waals surface area (Å²) in [5, 5.41) is 19.5. The lowest BCUT2D eigenvalue weighted by Gasteiger charge is -2.31. The number of rotatable bonds is 3. The van der Waals surface area contributed by atoms with Gasteiger partial charge >= 0.3 is 5.97 Å². The highest BCUT2D eigenvalue weighted by Gasteiger charge is 2.38. The molecular formula is C14H14O3. The summed E-state index contributed by atoms with van der Waals surface area (Å²) >= 11 is 0. The number of aliphatic carboxylic acids is 1. The summed E-state index contributed by atoms with van der Waals surface area (Å²) in [6.07, 6.45) is 6.70. The van der Waals surface area contributed by atoms with Gasteiger partial charge in [0, 0.05) is 6.42 Å². The number of aliphatic hydroxyl groups is 1. The molecule has 2 rings (SSSR count). The molecule has 3 heteroatoms. The summed E-state index contributed by atoms with van der Waals surface area (Å²) < 4.78 is 0. The lowest BCUT2D eigenvalue weighted by molar-refractivity contribution is -0.146. The Kier molecular flexibility index (Phi) is 3.11. The van der Waals surface area contributed by atoms with Crippen molar-refractivity contribution >= 4 is 5.97 Å². The Morgan fingerprint density at radius 2 is 1.94 bits per heavy atom. The molecule has 0 heterocycles. The number of allylic oxidation sites excluding steroid dienone is 2. The molecule has 1 aromatic carbocycles. The summed E-state index contributed by atoms with van der Waals surface area (Å²) in [5.41, 5.74) is -0.428. The summed E-state index contributed by atoms with van der Waals surface area (Å²) in [5.74, 6) is -1.91. The Bertz CT molecular complexity index is 462. The Hall–Kier alpha value is -1.87. The molecular weight excluding hydrogens is 216 g/mol. The molecule has 0 aliphatic heterocycles. The average molecular weight is 230 g/mol. The standard InChI is InChI=1S/C14H14O3/c15-13(16)12-8-4-5-9-14(12,17)10-11-6-2-1-3-7-11/h1-9,12,17H,10H2,(H,15,16). The van der Waals surface area contributed by atoms with Crippen LogP contribution >= 0.6 is 0 Å². The van der Waals surface area contributed by atoms with Crippen molar-refractivity contribution in [1.29, 1.82) is 0 Å². The maximum atomic E-state index is 11.1. The fraction of sp³-hybridized carbons (Fsp3) is 0.214. The molecule has 0 aromatic heterocycles. The van der Waals surface area contributed by atoms with Crippen molar-refractivity contribution in [3.05, 3.63) is 60.2 Å². The van der Waals surface area contributed by atoms with E-state index in [4.69, 9.17) is 5.11 Å². The van der Waals surface area contributed by atoms with Gasteiger partial charge in [-0.25, -0.2) is 0 Å². The molecule has 0 radical (unpaired) electrons. The van der Waals surface area contributed by atoms with E-state index in [1.165, 1.54) is 6.08 Å². The van der Waals surface area contributed by atoms with Gasteiger partial charge in [-0.3, -0.25) is 4.79 Å². The summed E-state index contributed by atoms with van der Waals surface area (Å²) in [4.78, 5) is 11.1. The van der Waals surface area contributed by atoms with Gasteiger partial charge in [0.1, 0.15) is 11.5 Å². The van der Waals surface area contributed by atoms with Crippen molar-refractivity contribution in [2.75, 3.05) is 0 Å². The topological polar surface area (TPSA) is 57.5 Å². The highest BCUT2D eigenvalue weighted by Crippen LogP contribution is 2.28. The van der Waals surface area contributed by atoms with Crippen LogP contribution in [0.15, 0.2) is 54.6 Å². The Morgan fingerprint density at radius 3 is 2.59 bits per heavy atom. The molecule has 0 saturated carbocycles. The first-order valence-corrected chi connectivity index (χ1v) is 5.47. The predicted octanol–water partition coefficient (Wildman–Crippen LogP) is 1.79. The molecule has 0 spiro atoms. The quantitative estimate of drug-likeness (QED) is 0.832. The van der Waals surface area contributed by atoms with Crippen molar-refractivity contribution in [2.24, 2.45) is 5.92 Å². The molecule has 2 unspecified atom stereocenters. The van der Waals surface area contributed by atoms with Gasteiger partial charge in [0.05, 0.1) is 0 Å². The molecule has 0 saturated heterocycles. The first-order chi connectivity index (χ1) is 8.12. The van der Waals surface area contributed by atoms with Gasteiger partial charge in [-0.15, -0.1) is 0 Å². The van der Waals surface area contributed by atoms with Crippen LogP contribution in [0, 0.1) is 5.92 Å². The van der Waals surface area contributed by atoms with Gasteiger partial charge in [0.2, 0.25) is 0 Å².